The van der Waals surface area contributed by atoms with Gasteiger partial charge in [-0.1, -0.05) is 25.0 Å². The van der Waals surface area contributed by atoms with Crippen molar-refractivity contribution in [2.24, 2.45) is 11.3 Å². The van der Waals surface area contributed by atoms with Crippen molar-refractivity contribution in [3.63, 3.8) is 0 Å². The molecule has 5 heteroatoms. The molecule has 0 bridgehead atoms. The molecule has 1 aliphatic carbocycles. The number of aryl methyl sites for hydroxylation is 1. The first kappa shape index (κ1) is 16.6. The Morgan fingerprint density at radius 1 is 1.32 bits per heavy atom. The van der Waals surface area contributed by atoms with Crippen molar-refractivity contribution in [1.82, 2.24) is 10.6 Å². The average Bonchev–Trinajstić information content (AvgIpc) is 3.06. The number of benzene rings is 1. The summed E-state index contributed by atoms with van der Waals surface area (Å²) in [5, 5.41) is 9.63. The fourth-order valence-corrected chi connectivity index (χ4v) is 4.79. The monoisotopic (exact) mass is 341 g/mol. The van der Waals surface area contributed by atoms with E-state index in [1.807, 2.05) is 12.1 Å². The van der Waals surface area contributed by atoms with Crippen LogP contribution in [0.1, 0.15) is 56.2 Å². The number of hydrogen-bond donors (Lipinski definition) is 3. The summed E-state index contributed by atoms with van der Waals surface area (Å²) >= 11 is 0. The molecule has 5 nitrogen and oxygen atoms in total. The Morgan fingerprint density at radius 2 is 2.20 bits per heavy atom. The van der Waals surface area contributed by atoms with Crippen LogP contribution in [-0.4, -0.2) is 24.9 Å². The highest BCUT2D eigenvalue weighted by Gasteiger charge is 2.50. The predicted molar refractivity (Wildman–Crippen MR) is 97.2 cm³/mol. The van der Waals surface area contributed by atoms with Gasteiger partial charge in [0.1, 0.15) is 0 Å². The van der Waals surface area contributed by atoms with E-state index in [1.54, 1.807) is 0 Å². The van der Waals surface area contributed by atoms with Gasteiger partial charge in [-0.15, -0.1) is 0 Å². The maximum absolute atomic E-state index is 13.1. The van der Waals surface area contributed by atoms with Crippen LogP contribution in [0.3, 0.4) is 0 Å². The molecule has 3 aliphatic rings. The maximum Gasteiger partial charge on any atom is 0.228 e. The summed E-state index contributed by atoms with van der Waals surface area (Å²) in [5.74, 6) is 0.769. The summed E-state index contributed by atoms with van der Waals surface area (Å²) in [6.07, 6.45) is 5.86. The highest BCUT2D eigenvalue weighted by Crippen LogP contribution is 2.44. The molecule has 1 aromatic carbocycles. The fourth-order valence-electron chi connectivity index (χ4n) is 4.79. The summed E-state index contributed by atoms with van der Waals surface area (Å²) in [5.41, 5.74) is 2.96. The Bertz CT molecular complexity index is 702. The second-order valence-corrected chi connectivity index (χ2v) is 7.89. The Morgan fingerprint density at radius 3 is 3.08 bits per heavy atom. The van der Waals surface area contributed by atoms with Gasteiger partial charge in [-0.25, -0.2) is 0 Å². The number of rotatable bonds is 3. The molecule has 0 radical (unpaired) electrons. The van der Waals surface area contributed by atoms with Gasteiger partial charge in [0, 0.05) is 18.7 Å². The molecule has 1 aromatic rings. The molecule has 2 fully saturated rings. The smallest absolute Gasteiger partial charge is 0.228 e. The second-order valence-electron chi connectivity index (χ2n) is 7.89. The lowest BCUT2D eigenvalue weighted by Gasteiger charge is -2.38. The minimum absolute atomic E-state index is 0.0204. The third-order valence-electron chi connectivity index (χ3n) is 6.36. The number of carbonyl (C=O) groups is 2. The van der Waals surface area contributed by atoms with E-state index in [0.29, 0.717) is 12.3 Å². The highest BCUT2D eigenvalue weighted by atomic mass is 16.2. The van der Waals surface area contributed by atoms with Gasteiger partial charge in [-0.2, -0.15) is 0 Å². The van der Waals surface area contributed by atoms with Gasteiger partial charge in [-0.3, -0.25) is 9.59 Å². The summed E-state index contributed by atoms with van der Waals surface area (Å²) < 4.78 is 0. The molecular formula is C20H27N3O2. The van der Waals surface area contributed by atoms with Crippen LogP contribution in [0.25, 0.3) is 0 Å². The zero-order valence-corrected chi connectivity index (χ0v) is 14.9. The number of anilines is 1. The van der Waals surface area contributed by atoms with Crippen LogP contribution in [0.4, 0.5) is 5.69 Å². The number of fused-ring (bicyclic) bond motifs is 2. The fraction of sp³-hybridized carbons (Fsp3) is 0.600. The van der Waals surface area contributed by atoms with Gasteiger partial charge in [0.15, 0.2) is 0 Å². The van der Waals surface area contributed by atoms with E-state index < -0.39 is 0 Å². The van der Waals surface area contributed by atoms with Gasteiger partial charge in [0.25, 0.3) is 0 Å². The van der Waals surface area contributed by atoms with E-state index in [2.05, 4.69) is 28.9 Å². The van der Waals surface area contributed by atoms with E-state index >= 15 is 0 Å². The van der Waals surface area contributed by atoms with E-state index in [4.69, 9.17) is 0 Å². The largest absolute Gasteiger partial charge is 0.349 e. The minimum atomic E-state index is -0.214. The number of amides is 2. The van der Waals surface area contributed by atoms with Crippen molar-refractivity contribution in [3.05, 3.63) is 29.3 Å². The summed E-state index contributed by atoms with van der Waals surface area (Å²) in [6.45, 7) is 3.84. The molecule has 25 heavy (non-hydrogen) atoms. The van der Waals surface area contributed by atoms with Crippen LogP contribution in [0.2, 0.25) is 0 Å². The van der Waals surface area contributed by atoms with Gasteiger partial charge >= 0.3 is 0 Å². The molecular weight excluding hydrogens is 314 g/mol. The molecule has 4 rings (SSSR count). The lowest BCUT2D eigenvalue weighted by Crippen LogP contribution is -2.48. The van der Waals surface area contributed by atoms with Crippen molar-refractivity contribution in [3.8, 4) is 0 Å². The third kappa shape index (κ3) is 2.95. The number of carbonyl (C=O) groups excluding carboxylic acids is 2. The van der Waals surface area contributed by atoms with Crippen molar-refractivity contribution >= 4 is 17.5 Å². The molecule has 0 aromatic heterocycles. The van der Waals surface area contributed by atoms with Crippen LogP contribution in [0, 0.1) is 11.3 Å². The van der Waals surface area contributed by atoms with Gasteiger partial charge in [0.05, 0.1) is 11.5 Å². The highest BCUT2D eigenvalue weighted by molar-refractivity contribution is 5.94. The minimum Gasteiger partial charge on any atom is -0.349 e. The first-order valence-electron chi connectivity index (χ1n) is 9.53. The SMILES string of the molecule is CC(NC(=O)[C@@]12CCCC[C@H]1CNC2)c1ccc2c(c1)CCC(=O)N2. The average molecular weight is 341 g/mol. The molecule has 2 aliphatic heterocycles. The number of hydrogen-bond acceptors (Lipinski definition) is 3. The molecule has 134 valence electrons. The predicted octanol–water partition coefficient (Wildman–Crippen LogP) is 2.53. The first-order valence-corrected chi connectivity index (χ1v) is 9.53. The summed E-state index contributed by atoms with van der Waals surface area (Å²) in [6, 6.07) is 6.08. The van der Waals surface area contributed by atoms with Gasteiger partial charge in [-0.05, 0) is 55.8 Å². The standard InChI is InChI=1S/C20H27N3O2/c1-13(14-5-7-17-15(10-14)6-8-18(24)23-17)22-19(25)20-9-3-2-4-16(20)11-21-12-20/h5,7,10,13,16,21H,2-4,6,8-9,11-12H2,1H3,(H,22,25)(H,23,24)/t13?,16-,20+/m0/s1. The topological polar surface area (TPSA) is 70.2 Å². The Labute approximate surface area is 148 Å². The molecule has 0 spiro atoms. The van der Waals surface area contributed by atoms with Crippen molar-refractivity contribution in [1.29, 1.82) is 0 Å². The van der Waals surface area contributed by atoms with Gasteiger partial charge in [0.2, 0.25) is 11.8 Å². The quantitative estimate of drug-likeness (QED) is 0.791. The van der Waals surface area contributed by atoms with Crippen LogP contribution in [0.5, 0.6) is 0 Å². The first-order chi connectivity index (χ1) is 12.1. The van der Waals surface area contributed by atoms with Gasteiger partial charge < -0.3 is 16.0 Å². The Kier molecular flexibility index (Phi) is 4.28. The Balaban J connectivity index is 1.49. The van der Waals surface area contributed by atoms with Crippen molar-refractivity contribution in [2.75, 3.05) is 18.4 Å². The van der Waals surface area contributed by atoms with E-state index in [9.17, 15) is 9.59 Å². The molecule has 1 saturated carbocycles. The zero-order valence-electron chi connectivity index (χ0n) is 14.9. The summed E-state index contributed by atoms with van der Waals surface area (Å²) in [4.78, 5) is 24.6. The molecule has 1 saturated heterocycles. The number of nitrogens with one attached hydrogen (secondary N) is 3. The van der Waals surface area contributed by atoms with Crippen molar-refractivity contribution < 1.29 is 9.59 Å². The lowest BCUT2D eigenvalue weighted by molar-refractivity contribution is -0.134. The van der Waals surface area contributed by atoms with Crippen LogP contribution < -0.4 is 16.0 Å². The van der Waals surface area contributed by atoms with E-state index in [1.165, 1.54) is 6.42 Å². The maximum atomic E-state index is 13.1. The third-order valence-corrected chi connectivity index (χ3v) is 6.36. The zero-order chi connectivity index (χ0) is 17.4. The molecule has 3 atom stereocenters. The molecule has 2 amide bonds. The molecule has 3 N–H and O–H groups in total. The van der Waals surface area contributed by atoms with Crippen LogP contribution in [-0.2, 0) is 16.0 Å². The van der Waals surface area contributed by atoms with Crippen molar-refractivity contribution in [2.45, 2.75) is 51.5 Å². The lowest BCUT2D eigenvalue weighted by atomic mass is 9.67. The Hall–Kier alpha value is -1.88. The normalized spacial score (nSPS) is 29.3. The molecule has 2 heterocycles. The molecule has 1 unspecified atom stereocenters. The van der Waals surface area contributed by atoms with Crippen LogP contribution >= 0.6 is 0 Å². The van der Waals surface area contributed by atoms with E-state index in [-0.39, 0.29) is 23.3 Å². The summed E-state index contributed by atoms with van der Waals surface area (Å²) in [7, 11) is 0. The van der Waals surface area contributed by atoms with Crippen LogP contribution in [0.15, 0.2) is 18.2 Å². The second kappa shape index (κ2) is 6.45. The van der Waals surface area contributed by atoms with E-state index in [0.717, 1.165) is 55.6 Å².